The molecule has 0 aromatic heterocycles. The normalized spacial score (nSPS) is 21.1. The van der Waals surface area contributed by atoms with Crippen molar-refractivity contribution in [3.63, 3.8) is 0 Å². The van der Waals surface area contributed by atoms with Crippen LogP contribution in [0.4, 0.5) is 0 Å². The number of carboxylic acids is 1. The second kappa shape index (κ2) is 9.47. The van der Waals surface area contributed by atoms with E-state index in [-0.39, 0.29) is 6.54 Å². The minimum absolute atomic E-state index is 0.0355. The quantitative estimate of drug-likeness (QED) is 0.349. The number of aliphatic imine (C=N–C) groups is 1. The van der Waals surface area contributed by atoms with Gasteiger partial charge in [-0.05, 0) is 26.2 Å². The first kappa shape index (κ1) is 17.6. The smallest absolute Gasteiger partial charge is 0.360 e. The molecule has 1 aliphatic rings. The highest BCUT2D eigenvalue weighted by atomic mass is 16.4. The van der Waals surface area contributed by atoms with Gasteiger partial charge in [-0.2, -0.15) is 0 Å². The monoisotopic (exact) mass is 294 g/mol. The number of hydrogen-bond donors (Lipinski definition) is 2. The van der Waals surface area contributed by atoms with E-state index in [9.17, 15) is 4.79 Å². The highest BCUT2D eigenvalue weighted by molar-refractivity contribution is 5.81. The molecular weight excluding hydrogens is 266 g/mol. The van der Waals surface area contributed by atoms with Crippen molar-refractivity contribution in [3.8, 4) is 0 Å². The average Bonchev–Trinajstić information content (AvgIpc) is 2.80. The van der Waals surface area contributed by atoms with Crippen molar-refractivity contribution >= 4 is 11.8 Å². The summed E-state index contributed by atoms with van der Waals surface area (Å²) in [5.41, 5.74) is 5.65. The number of allylic oxidation sites excluding steroid dienone is 2. The van der Waals surface area contributed by atoms with Gasteiger partial charge in [0.15, 0.2) is 6.54 Å². The molecule has 0 spiro atoms. The van der Waals surface area contributed by atoms with Crippen LogP contribution in [0.15, 0.2) is 29.5 Å². The van der Waals surface area contributed by atoms with Crippen molar-refractivity contribution in [1.82, 2.24) is 0 Å². The first-order valence-electron chi connectivity index (χ1n) is 7.79. The lowest BCUT2D eigenvalue weighted by Crippen LogP contribution is -2.52. The number of carbonyl (C=O) groups is 1. The fraction of sp³-hybridized carbons (Fsp3) is 0.625. The lowest BCUT2D eigenvalue weighted by Gasteiger charge is -2.30. The standard InChI is InChI=1S/C16H27N3O2/c1-2-3-4-5-6-7-8-9-15-18-11-13-19(15,12-10-17)14-16(20)21/h2-3,11,13H,4-10,12,14,17H2,1H3/p+1/b3-2+. The Hall–Kier alpha value is -1.46. The van der Waals surface area contributed by atoms with Crippen LogP contribution in [0, 0.1) is 0 Å². The third kappa shape index (κ3) is 5.81. The molecule has 0 amide bonds. The van der Waals surface area contributed by atoms with Crippen LogP contribution in [-0.2, 0) is 4.79 Å². The molecule has 5 nitrogen and oxygen atoms in total. The Balaban J connectivity index is 2.40. The Labute approximate surface area is 127 Å². The van der Waals surface area contributed by atoms with Crippen molar-refractivity contribution in [2.45, 2.75) is 45.4 Å². The molecule has 118 valence electrons. The lowest BCUT2D eigenvalue weighted by atomic mass is 10.1. The molecule has 5 heteroatoms. The first-order chi connectivity index (χ1) is 10.1. The summed E-state index contributed by atoms with van der Waals surface area (Å²) in [6, 6.07) is 0. The van der Waals surface area contributed by atoms with Crippen molar-refractivity contribution in [2.24, 2.45) is 10.7 Å². The van der Waals surface area contributed by atoms with Crippen LogP contribution in [0.1, 0.15) is 45.4 Å². The van der Waals surface area contributed by atoms with E-state index in [4.69, 9.17) is 10.8 Å². The SMILES string of the molecule is C/C=C/CCCCCCC1=NC=C[N+]1(CCN)CC(=O)O. The molecule has 0 fully saturated rings. The predicted octanol–water partition coefficient (Wildman–Crippen LogP) is 2.65. The fourth-order valence-electron chi connectivity index (χ4n) is 2.70. The number of rotatable bonds is 11. The van der Waals surface area contributed by atoms with Gasteiger partial charge in [-0.25, -0.2) is 14.3 Å². The van der Waals surface area contributed by atoms with E-state index in [2.05, 4.69) is 17.1 Å². The molecule has 0 saturated heterocycles. The highest BCUT2D eigenvalue weighted by Gasteiger charge is 2.36. The summed E-state index contributed by atoms with van der Waals surface area (Å²) in [5, 5.41) is 9.12. The Morgan fingerprint density at radius 3 is 2.81 bits per heavy atom. The Kier molecular flexibility index (Phi) is 7.93. The number of quaternary nitrogens is 1. The van der Waals surface area contributed by atoms with Gasteiger partial charge in [0.25, 0.3) is 0 Å². The number of hydrogen-bond acceptors (Lipinski definition) is 3. The molecule has 0 radical (unpaired) electrons. The van der Waals surface area contributed by atoms with Crippen LogP contribution >= 0.6 is 0 Å². The maximum atomic E-state index is 11.1. The zero-order valence-electron chi connectivity index (χ0n) is 13.0. The average molecular weight is 294 g/mol. The first-order valence-corrected chi connectivity index (χ1v) is 7.79. The number of nitrogens with zero attached hydrogens (tertiary/aromatic N) is 2. The molecule has 3 N–H and O–H groups in total. The van der Waals surface area contributed by atoms with Gasteiger partial charge < -0.3 is 10.8 Å². The third-order valence-electron chi connectivity index (χ3n) is 3.79. The van der Waals surface area contributed by atoms with E-state index < -0.39 is 5.97 Å². The van der Waals surface area contributed by atoms with Gasteiger partial charge in [0.2, 0.25) is 5.84 Å². The lowest BCUT2D eigenvalue weighted by molar-refractivity contribution is -0.778. The maximum absolute atomic E-state index is 11.1. The van der Waals surface area contributed by atoms with Gasteiger partial charge in [0, 0.05) is 13.0 Å². The van der Waals surface area contributed by atoms with Crippen molar-refractivity contribution in [3.05, 3.63) is 24.6 Å². The molecule has 0 aliphatic carbocycles. The van der Waals surface area contributed by atoms with Gasteiger partial charge in [0.1, 0.15) is 12.7 Å². The van der Waals surface area contributed by atoms with Crippen LogP contribution in [0.3, 0.4) is 0 Å². The van der Waals surface area contributed by atoms with Crippen molar-refractivity contribution < 1.29 is 14.4 Å². The molecular formula is C16H28N3O2+. The molecule has 0 aromatic carbocycles. The second-order valence-corrected chi connectivity index (χ2v) is 5.46. The highest BCUT2D eigenvalue weighted by Crippen LogP contribution is 2.21. The minimum atomic E-state index is -0.811. The molecule has 1 unspecified atom stereocenters. The van der Waals surface area contributed by atoms with Gasteiger partial charge in [-0.15, -0.1) is 0 Å². The van der Waals surface area contributed by atoms with Crippen molar-refractivity contribution in [1.29, 1.82) is 0 Å². The summed E-state index contributed by atoms with van der Waals surface area (Å²) in [6.07, 6.45) is 14.5. The van der Waals surface area contributed by atoms with Crippen LogP contribution < -0.4 is 5.73 Å². The van der Waals surface area contributed by atoms with Crippen molar-refractivity contribution in [2.75, 3.05) is 19.6 Å². The van der Waals surface area contributed by atoms with E-state index in [0.29, 0.717) is 17.6 Å². The summed E-state index contributed by atoms with van der Waals surface area (Å²) in [7, 11) is 0. The summed E-state index contributed by atoms with van der Waals surface area (Å²) in [4.78, 5) is 15.5. The van der Waals surface area contributed by atoms with Crippen LogP contribution in [0.25, 0.3) is 0 Å². The maximum Gasteiger partial charge on any atom is 0.360 e. The van der Waals surface area contributed by atoms with Gasteiger partial charge in [-0.3, -0.25) is 0 Å². The van der Waals surface area contributed by atoms with E-state index in [1.54, 1.807) is 6.20 Å². The number of carboxylic acid groups (broad SMARTS) is 1. The Morgan fingerprint density at radius 1 is 1.38 bits per heavy atom. The fourth-order valence-corrected chi connectivity index (χ4v) is 2.70. The van der Waals surface area contributed by atoms with Gasteiger partial charge in [0.05, 0.1) is 6.20 Å². The molecule has 1 rings (SSSR count). The predicted molar refractivity (Wildman–Crippen MR) is 85.8 cm³/mol. The van der Waals surface area contributed by atoms with Crippen LogP contribution in [0.5, 0.6) is 0 Å². The second-order valence-electron chi connectivity index (χ2n) is 5.46. The van der Waals surface area contributed by atoms with E-state index in [1.165, 1.54) is 12.8 Å². The summed E-state index contributed by atoms with van der Waals surface area (Å²) in [5.74, 6) is 0.130. The molecule has 1 heterocycles. The Bertz CT molecular complexity index is 416. The largest absolute Gasteiger partial charge is 0.477 e. The van der Waals surface area contributed by atoms with E-state index in [0.717, 1.165) is 31.5 Å². The molecule has 1 atom stereocenters. The van der Waals surface area contributed by atoms with E-state index in [1.807, 2.05) is 13.1 Å². The number of unbranched alkanes of at least 4 members (excludes halogenated alkanes) is 4. The number of nitrogens with two attached hydrogens (primary N) is 1. The molecule has 21 heavy (non-hydrogen) atoms. The molecule has 1 aliphatic heterocycles. The summed E-state index contributed by atoms with van der Waals surface area (Å²) in [6.45, 7) is 3.14. The summed E-state index contributed by atoms with van der Waals surface area (Å²) >= 11 is 0. The van der Waals surface area contributed by atoms with Crippen LogP contribution in [0.2, 0.25) is 0 Å². The summed E-state index contributed by atoms with van der Waals surface area (Å²) < 4.78 is 0.296. The molecule has 0 aromatic rings. The Morgan fingerprint density at radius 2 is 2.14 bits per heavy atom. The third-order valence-corrected chi connectivity index (χ3v) is 3.79. The number of aliphatic carboxylic acids is 1. The topological polar surface area (TPSA) is 75.7 Å². The number of amidine groups is 1. The van der Waals surface area contributed by atoms with Gasteiger partial charge in [-0.1, -0.05) is 25.0 Å². The zero-order chi connectivity index (χ0) is 15.6. The van der Waals surface area contributed by atoms with Gasteiger partial charge >= 0.3 is 5.97 Å². The van der Waals surface area contributed by atoms with E-state index >= 15 is 0 Å². The molecule has 0 bridgehead atoms. The minimum Gasteiger partial charge on any atom is -0.477 e. The molecule has 0 saturated carbocycles. The van der Waals surface area contributed by atoms with Crippen LogP contribution in [-0.4, -0.2) is 41.0 Å². The zero-order valence-corrected chi connectivity index (χ0v) is 13.0.